The number of amides is 1. The van der Waals surface area contributed by atoms with E-state index < -0.39 is 0 Å². The molecular weight excluding hydrogens is 370 g/mol. The van der Waals surface area contributed by atoms with Gasteiger partial charge in [-0.05, 0) is 30.7 Å². The van der Waals surface area contributed by atoms with E-state index in [4.69, 9.17) is 16.0 Å². The summed E-state index contributed by atoms with van der Waals surface area (Å²) >= 11 is 7.78. The van der Waals surface area contributed by atoms with Gasteiger partial charge in [-0.1, -0.05) is 41.6 Å². The number of nitrogens with zero attached hydrogens (tertiary/aromatic N) is 3. The van der Waals surface area contributed by atoms with E-state index in [1.54, 1.807) is 28.9 Å². The lowest BCUT2D eigenvalue weighted by Crippen LogP contribution is -2.30. The number of imidazole rings is 1. The van der Waals surface area contributed by atoms with E-state index >= 15 is 0 Å². The average Bonchev–Trinajstić information content (AvgIpc) is 3.27. The lowest BCUT2D eigenvalue weighted by molar-refractivity contribution is 0.0719. The highest BCUT2D eigenvalue weighted by Crippen LogP contribution is 2.23. The maximum absolute atomic E-state index is 12.8. The summed E-state index contributed by atoms with van der Waals surface area (Å²) in [5, 5.41) is 1.56. The van der Waals surface area contributed by atoms with Crippen LogP contribution in [0.1, 0.15) is 28.8 Å². The molecule has 0 aliphatic heterocycles. The molecule has 0 unspecified atom stereocenters. The van der Waals surface area contributed by atoms with Crippen LogP contribution in [0.5, 0.6) is 0 Å². The molecule has 0 radical (unpaired) electrons. The zero-order chi connectivity index (χ0) is 18.5. The van der Waals surface area contributed by atoms with E-state index in [0.29, 0.717) is 29.6 Å². The molecule has 0 N–H and O–H groups in total. The van der Waals surface area contributed by atoms with Crippen LogP contribution >= 0.6 is 23.4 Å². The third-order valence-corrected chi connectivity index (χ3v) is 5.43. The molecule has 0 saturated carbocycles. The Morgan fingerprint density at radius 3 is 2.81 bits per heavy atom. The van der Waals surface area contributed by atoms with Crippen molar-refractivity contribution in [1.29, 1.82) is 0 Å². The third kappa shape index (κ3) is 4.31. The van der Waals surface area contributed by atoms with E-state index in [2.05, 4.69) is 4.98 Å². The van der Waals surface area contributed by atoms with Gasteiger partial charge in [0.15, 0.2) is 10.9 Å². The predicted molar refractivity (Wildman–Crippen MR) is 103 cm³/mol. The highest BCUT2D eigenvalue weighted by molar-refractivity contribution is 7.98. The van der Waals surface area contributed by atoms with Crippen LogP contribution in [0.2, 0.25) is 5.02 Å². The van der Waals surface area contributed by atoms with Gasteiger partial charge < -0.3 is 13.9 Å². The van der Waals surface area contributed by atoms with Gasteiger partial charge in [0.05, 0.1) is 5.75 Å². The Morgan fingerprint density at radius 2 is 2.12 bits per heavy atom. The van der Waals surface area contributed by atoms with Crippen molar-refractivity contribution >= 4 is 29.3 Å². The number of halogens is 1. The van der Waals surface area contributed by atoms with Crippen LogP contribution in [0.15, 0.2) is 58.4 Å². The van der Waals surface area contributed by atoms with Crippen LogP contribution < -0.4 is 0 Å². The van der Waals surface area contributed by atoms with Gasteiger partial charge in [-0.3, -0.25) is 4.79 Å². The van der Waals surface area contributed by atoms with E-state index in [1.165, 1.54) is 0 Å². The number of carbonyl (C=O) groups is 1. The van der Waals surface area contributed by atoms with Crippen molar-refractivity contribution in [2.24, 2.45) is 7.05 Å². The van der Waals surface area contributed by atoms with Crippen molar-refractivity contribution in [3.63, 3.8) is 0 Å². The lowest BCUT2D eigenvalue weighted by atomic mass is 10.2. The third-order valence-electron chi connectivity index (χ3n) is 3.98. The molecular formula is C19H20ClN3O2S. The Labute approximate surface area is 162 Å². The molecule has 2 aromatic heterocycles. The molecule has 3 rings (SSSR count). The topological polar surface area (TPSA) is 51.3 Å². The normalized spacial score (nSPS) is 10.9. The van der Waals surface area contributed by atoms with Crippen molar-refractivity contribution < 1.29 is 9.21 Å². The first kappa shape index (κ1) is 18.6. The monoisotopic (exact) mass is 389 g/mol. The fourth-order valence-corrected chi connectivity index (χ4v) is 3.53. The summed E-state index contributed by atoms with van der Waals surface area (Å²) in [4.78, 5) is 18.7. The number of aryl methyl sites for hydroxylation is 1. The predicted octanol–water partition coefficient (Wildman–Crippen LogP) is 4.62. The van der Waals surface area contributed by atoms with Crippen molar-refractivity contribution in [3.8, 4) is 0 Å². The molecule has 0 spiro atoms. The Kier molecular flexibility index (Phi) is 6.06. The van der Waals surface area contributed by atoms with Crippen molar-refractivity contribution in [3.05, 3.63) is 70.9 Å². The minimum atomic E-state index is -0.138. The molecule has 5 nitrogen and oxygen atoms in total. The van der Waals surface area contributed by atoms with Crippen molar-refractivity contribution in [1.82, 2.24) is 14.5 Å². The zero-order valence-electron chi connectivity index (χ0n) is 14.7. The molecule has 0 fully saturated rings. The molecule has 136 valence electrons. The standard InChI is InChI=1S/C19H20ClN3O2S/c1-3-23(12-14-6-4-5-7-16(14)20)18(24)17-9-8-15(25-17)13-26-19-21-10-11-22(19)2/h4-11H,3,12-13H2,1-2H3. The first-order chi connectivity index (χ1) is 12.6. The maximum atomic E-state index is 12.8. The number of benzene rings is 1. The maximum Gasteiger partial charge on any atom is 0.289 e. The summed E-state index contributed by atoms with van der Waals surface area (Å²) in [5.74, 6) is 1.57. The second-order valence-electron chi connectivity index (χ2n) is 5.79. The molecule has 1 aromatic carbocycles. The minimum absolute atomic E-state index is 0.138. The summed E-state index contributed by atoms with van der Waals surface area (Å²) in [6, 6.07) is 11.1. The van der Waals surface area contributed by atoms with Gasteiger partial charge in [0.2, 0.25) is 0 Å². The number of aromatic nitrogens is 2. The molecule has 0 saturated heterocycles. The molecule has 1 amide bonds. The summed E-state index contributed by atoms with van der Waals surface area (Å²) in [6.45, 7) is 2.96. The van der Waals surface area contributed by atoms with Crippen molar-refractivity contribution in [2.45, 2.75) is 24.4 Å². The van der Waals surface area contributed by atoms with Crippen LogP contribution in [-0.2, 0) is 19.3 Å². The summed E-state index contributed by atoms with van der Waals surface area (Å²) < 4.78 is 7.70. The highest BCUT2D eigenvalue weighted by Gasteiger charge is 2.19. The molecule has 2 heterocycles. The minimum Gasteiger partial charge on any atom is -0.455 e. The first-order valence-electron chi connectivity index (χ1n) is 8.30. The second-order valence-corrected chi connectivity index (χ2v) is 7.14. The van der Waals surface area contributed by atoms with E-state index in [0.717, 1.165) is 16.5 Å². The fraction of sp³-hybridized carbons (Fsp3) is 0.263. The molecule has 3 aromatic rings. The lowest BCUT2D eigenvalue weighted by Gasteiger charge is -2.20. The summed E-state index contributed by atoms with van der Waals surface area (Å²) in [7, 11) is 1.94. The van der Waals surface area contributed by atoms with Crippen LogP contribution in [-0.4, -0.2) is 26.9 Å². The number of furan rings is 1. The molecule has 0 aliphatic rings. The summed E-state index contributed by atoms with van der Waals surface area (Å²) in [6.07, 6.45) is 3.65. The average molecular weight is 390 g/mol. The van der Waals surface area contributed by atoms with Gasteiger partial charge in [-0.25, -0.2) is 4.98 Å². The summed E-state index contributed by atoms with van der Waals surface area (Å²) in [5.41, 5.74) is 0.918. The molecule has 26 heavy (non-hydrogen) atoms. The smallest absolute Gasteiger partial charge is 0.289 e. The molecule has 0 bridgehead atoms. The zero-order valence-corrected chi connectivity index (χ0v) is 16.3. The number of hydrogen-bond donors (Lipinski definition) is 0. The Bertz CT molecular complexity index is 890. The second kappa shape index (κ2) is 8.47. The Hall–Kier alpha value is -2.18. The Balaban J connectivity index is 1.66. The van der Waals surface area contributed by atoms with Crippen LogP contribution in [0, 0.1) is 0 Å². The van der Waals surface area contributed by atoms with Gasteiger partial charge in [-0.15, -0.1) is 0 Å². The Morgan fingerprint density at radius 1 is 1.31 bits per heavy atom. The van der Waals surface area contributed by atoms with Crippen LogP contribution in [0.4, 0.5) is 0 Å². The van der Waals surface area contributed by atoms with E-state index in [9.17, 15) is 4.79 Å². The largest absolute Gasteiger partial charge is 0.455 e. The number of carbonyl (C=O) groups excluding carboxylic acids is 1. The van der Waals surface area contributed by atoms with Gasteiger partial charge >= 0.3 is 0 Å². The van der Waals surface area contributed by atoms with E-state index in [-0.39, 0.29) is 5.91 Å². The fourth-order valence-electron chi connectivity index (χ4n) is 2.51. The van der Waals surface area contributed by atoms with Gasteiger partial charge in [0.1, 0.15) is 5.76 Å². The number of thioether (sulfide) groups is 1. The van der Waals surface area contributed by atoms with Gasteiger partial charge in [-0.2, -0.15) is 0 Å². The molecule has 0 atom stereocenters. The van der Waals surface area contributed by atoms with Crippen molar-refractivity contribution in [2.75, 3.05) is 6.54 Å². The SMILES string of the molecule is CCN(Cc1ccccc1Cl)C(=O)c1ccc(CSc2nccn2C)o1. The number of rotatable bonds is 7. The van der Waals surface area contributed by atoms with Gasteiger partial charge in [0, 0.05) is 37.6 Å². The first-order valence-corrected chi connectivity index (χ1v) is 9.66. The highest BCUT2D eigenvalue weighted by atomic mass is 35.5. The quantitative estimate of drug-likeness (QED) is 0.553. The van der Waals surface area contributed by atoms with E-state index in [1.807, 2.05) is 55.1 Å². The van der Waals surface area contributed by atoms with Gasteiger partial charge in [0.25, 0.3) is 5.91 Å². The van der Waals surface area contributed by atoms with Crippen LogP contribution in [0.3, 0.4) is 0 Å². The molecule has 7 heteroatoms. The molecule has 0 aliphatic carbocycles. The number of hydrogen-bond acceptors (Lipinski definition) is 4. The van der Waals surface area contributed by atoms with Crippen LogP contribution in [0.25, 0.3) is 0 Å².